The van der Waals surface area contributed by atoms with E-state index in [9.17, 15) is 19.2 Å². The monoisotopic (exact) mass is 317 g/mol. The van der Waals surface area contributed by atoms with Crippen LogP contribution in [0.4, 0.5) is 0 Å². The summed E-state index contributed by atoms with van der Waals surface area (Å²) in [7, 11) is 0. The summed E-state index contributed by atoms with van der Waals surface area (Å²) in [4.78, 5) is 49.5. The van der Waals surface area contributed by atoms with E-state index in [0.717, 1.165) is 19.2 Å². The molecule has 0 aromatic carbocycles. The third-order valence-corrected chi connectivity index (χ3v) is 3.19. The first kappa shape index (κ1) is 16.1. The van der Waals surface area contributed by atoms with E-state index in [-0.39, 0.29) is 17.8 Å². The summed E-state index contributed by atoms with van der Waals surface area (Å²) >= 11 is 0. The third-order valence-electron chi connectivity index (χ3n) is 3.19. The van der Waals surface area contributed by atoms with Crippen molar-refractivity contribution >= 4 is 29.5 Å². The van der Waals surface area contributed by atoms with Crippen LogP contribution in [0.3, 0.4) is 0 Å². The van der Waals surface area contributed by atoms with E-state index < -0.39 is 40.2 Å². The largest absolute Gasteiger partial charge is 0.477 e. The number of hydrogen-bond donors (Lipinski definition) is 1. The van der Waals surface area contributed by atoms with E-state index in [1.165, 1.54) is 4.57 Å². The van der Waals surface area contributed by atoms with Crippen LogP contribution < -0.4 is 5.43 Å². The number of ketones is 1. The van der Waals surface area contributed by atoms with Crippen LogP contribution in [0, 0.1) is 0 Å². The lowest BCUT2D eigenvalue weighted by Gasteiger charge is -2.16. The fraction of sp³-hybridized carbons (Fsp3) is 0.214. The van der Waals surface area contributed by atoms with Crippen LogP contribution in [0.15, 0.2) is 16.8 Å². The summed E-state index contributed by atoms with van der Waals surface area (Å²) < 4.78 is 6.13. The van der Waals surface area contributed by atoms with Gasteiger partial charge in [-0.2, -0.15) is 4.79 Å². The lowest BCUT2D eigenvalue weighted by atomic mass is 9.95. The van der Waals surface area contributed by atoms with E-state index >= 15 is 0 Å². The SMILES string of the molecule is CCn1cc(C(=O)O)c(=O)c2c1C=C(OC(C)=O)C(=O)C2=[N+]=[N-]. The van der Waals surface area contributed by atoms with Crippen molar-refractivity contribution in [2.24, 2.45) is 0 Å². The minimum Gasteiger partial charge on any atom is -0.477 e. The number of esters is 1. The number of rotatable bonds is 3. The van der Waals surface area contributed by atoms with Gasteiger partial charge in [0.05, 0.1) is 5.69 Å². The van der Waals surface area contributed by atoms with Crippen molar-refractivity contribution in [3.05, 3.63) is 44.5 Å². The number of allylic oxidation sites excluding steroid dienone is 1. The van der Waals surface area contributed by atoms with Crippen LogP contribution in [-0.2, 0) is 20.9 Å². The predicted octanol–water partition coefficient (Wildman–Crippen LogP) is 0.0720. The van der Waals surface area contributed by atoms with Gasteiger partial charge in [0.15, 0.2) is 5.76 Å². The molecule has 0 fully saturated rings. The lowest BCUT2D eigenvalue weighted by Crippen LogP contribution is -2.35. The van der Waals surface area contributed by atoms with Gasteiger partial charge < -0.3 is 19.9 Å². The van der Waals surface area contributed by atoms with Crippen molar-refractivity contribution in [2.75, 3.05) is 0 Å². The zero-order valence-corrected chi connectivity index (χ0v) is 12.2. The van der Waals surface area contributed by atoms with Crippen LogP contribution >= 0.6 is 0 Å². The molecular formula is C14H11N3O6. The van der Waals surface area contributed by atoms with Crippen molar-refractivity contribution in [1.29, 1.82) is 0 Å². The van der Waals surface area contributed by atoms with E-state index in [2.05, 4.69) is 4.79 Å². The number of aromatic nitrogens is 1. The Labute approximate surface area is 129 Å². The van der Waals surface area contributed by atoms with Crippen molar-refractivity contribution in [3.63, 3.8) is 0 Å². The summed E-state index contributed by atoms with van der Waals surface area (Å²) in [6.07, 6.45) is 2.25. The number of nitrogens with zero attached hydrogens (tertiary/aromatic N) is 3. The number of hydrogen-bond acceptors (Lipinski definition) is 5. The Morgan fingerprint density at radius 1 is 1.39 bits per heavy atom. The smallest absolute Gasteiger partial charge is 0.379 e. The normalized spacial score (nSPS) is 13.0. The van der Waals surface area contributed by atoms with E-state index in [1.807, 2.05) is 0 Å². The Bertz CT molecular complexity index is 887. The second-order valence-electron chi connectivity index (χ2n) is 4.60. The topological polar surface area (TPSA) is 139 Å². The molecule has 1 aliphatic rings. The zero-order chi connectivity index (χ0) is 17.3. The number of carbonyl (C=O) groups is 3. The highest BCUT2D eigenvalue weighted by Crippen LogP contribution is 2.21. The molecule has 0 bridgehead atoms. The molecule has 0 spiro atoms. The second-order valence-corrected chi connectivity index (χ2v) is 4.60. The predicted molar refractivity (Wildman–Crippen MR) is 75.8 cm³/mol. The molecule has 0 amide bonds. The molecule has 118 valence electrons. The molecule has 23 heavy (non-hydrogen) atoms. The highest BCUT2D eigenvalue weighted by Gasteiger charge is 2.39. The minimum atomic E-state index is -1.47. The molecule has 9 heteroatoms. The highest BCUT2D eigenvalue weighted by atomic mass is 16.5. The summed E-state index contributed by atoms with van der Waals surface area (Å²) in [6.45, 7) is 3.03. The molecule has 1 aliphatic carbocycles. The van der Waals surface area contributed by atoms with Crippen LogP contribution in [0.1, 0.15) is 35.5 Å². The molecule has 1 aromatic rings. The number of aromatic carboxylic acids is 1. The third kappa shape index (κ3) is 2.60. The number of carbonyl (C=O) groups excluding carboxylic acids is 2. The van der Waals surface area contributed by atoms with Crippen LogP contribution in [0.25, 0.3) is 11.6 Å². The van der Waals surface area contributed by atoms with E-state index in [0.29, 0.717) is 0 Å². The van der Waals surface area contributed by atoms with Gasteiger partial charge in [-0.1, -0.05) is 0 Å². The first-order valence-electron chi connectivity index (χ1n) is 6.49. The molecule has 9 nitrogen and oxygen atoms in total. The molecule has 0 atom stereocenters. The molecule has 0 saturated heterocycles. The number of pyridine rings is 1. The quantitative estimate of drug-likeness (QED) is 0.475. The molecule has 0 aliphatic heterocycles. The Hall–Kier alpha value is -3.32. The summed E-state index contributed by atoms with van der Waals surface area (Å²) in [5.74, 6) is -3.64. The molecular weight excluding hydrogens is 306 g/mol. The van der Waals surface area contributed by atoms with Gasteiger partial charge in [-0.15, -0.1) is 0 Å². The first-order valence-corrected chi connectivity index (χ1v) is 6.49. The minimum absolute atomic E-state index is 0.117. The average Bonchev–Trinajstić information content (AvgIpc) is 2.48. The summed E-state index contributed by atoms with van der Waals surface area (Å²) in [5.41, 5.74) is 6.65. The molecule has 1 aromatic heterocycles. The molecule has 0 saturated carbocycles. The Balaban J connectivity index is 2.91. The second kappa shape index (κ2) is 5.82. The van der Waals surface area contributed by atoms with Gasteiger partial charge in [0.2, 0.25) is 5.43 Å². The lowest BCUT2D eigenvalue weighted by molar-refractivity contribution is -0.139. The number of carboxylic acid groups (broad SMARTS) is 1. The average molecular weight is 317 g/mol. The number of aryl methyl sites for hydroxylation is 1. The molecule has 1 heterocycles. The molecule has 2 rings (SSSR count). The molecule has 0 radical (unpaired) electrons. The maximum atomic E-state index is 12.3. The summed E-state index contributed by atoms with van der Waals surface area (Å²) in [5, 5.41) is 9.10. The summed E-state index contributed by atoms with van der Waals surface area (Å²) in [6, 6.07) is 0. The standard InChI is InChI=1S/C14H11N3O6/c1-3-17-5-7(14(21)22)12(19)10-8(17)4-9(23-6(2)18)13(20)11(10)16-15/h4-5H,3H2,1-2H3,(H,21,22). The van der Waals surface area contributed by atoms with Crippen LogP contribution in [-0.4, -0.2) is 37.9 Å². The van der Waals surface area contributed by atoms with E-state index in [1.54, 1.807) is 6.92 Å². The van der Waals surface area contributed by atoms with Crippen molar-refractivity contribution < 1.29 is 29.0 Å². The van der Waals surface area contributed by atoms with Crippen molar-refractivity contribution in [3.8, 4) is 0 Å². The number of ether oxygens (including phenoxy) is 1. The van der Waals surface area contributed by atoms with Gasteiger partial charge >= 0.3 is 23.4 Å². The number of fused-ring (bicyclic) bond motifs is 1. The van der Waals surface area contributed by atoms with Crippen LogP contribution in [0.2, 0.25) is 0 Å². The van der Waals surface area contributed by atoms with Gasteiger partial charge in [-0.3, -0.25) is 14.4 Å². The van der Waals surface area contributed by atoms with Gasteiger partial charge in [0, 0.05) is 25.7 Å². The molecule has 0 unspecified atom stereocenters. The van der Waals surface area contributed by atoms with Crippen LogP contribution in [0.5, 0.6) is 0 Å². The highest BCUT2D eigenvalue weighted by molar-refractivity contribution is 6.51. The van der Waals surface area contributed by atoms with Gasteiger partial charge in [-0.05, 0) is 6.92 Å². The van der Waals surface area contributed by atoms with Gasteiger partial charge in [-0.25, -0.2) is 4.79 Å². The van der Waals surface area contributed by atoms with Gasteiger partial charge in [0.25, 0.3) is 0 Å². The van der Waals surface area contributed by atoms with Crippen molar-refractivity contribution in [2.45, 2.75) is 20.4 Å². The zero-order valence-electron chi connectivity index (χ0n) is 12.2. The maximum absolute atomic E-state index is 12.3. The Morgan fingerprint density at radius 2 is 2.04 bits per heavy atom. The van der Waals surface area contributed by atoms with Gasteiger partial charge in [0.1, 0.15) is 11.1 Å². The fourth-order valence-corrected chi connectivity index (χ4v) is 2.22. The van der Waals surface area contributed by atoms with E-state index in [4.69, 9.17) is 15.4 Å². The number of Topliss-reactive ketones (excluding diaryl/α,β-unsaturated/α-hetero) is 1. The molecule has 1 N–H and O–H groups in total. The number of carboxylic acids is 1. The van der Waals surface area contributed by atoms with Crippen molar-refractivity contribution in [1.82, 2.24) is 4.57 Å². The fourth-order valence-electron chi connectivity index (χ4n) is 2.22. The Kier molecular flexibility index (Phi) is 4.06. The Morgan fingerprint density at radius 3 is 2.52 bits per heavy atom. The first-order chi connectivity index (χ1) is 10.8. The maximum Gasteiger partial charge on any atom is 0.379 e.